The Kier molecular flexibility index (Phi) is 29.5. The van der Waals surface area contributed by atoms with Gasteiger partial charge in [-0.25, -0.2) is 0 Å². The summed E-state index contributed by atoms with van der Waals surface area (Å²) in [5.74, 6) is 5.71. The van der Waals surface area contributed by atoms with Crippen LogP contribution in [0, 0.1) is 24.7 Å². The minimum Gasteiger partial charge on any atom is -0.356 e. The third-order valence-corrected chi connectivity index (χ3v) is 8.35. The number of carbonyl (C=O) groups is 3. The molecule has 0 bridgehead atoms. The summed E-state index contributed by atoms with van der Waals surface area (Å²) in [6.07, 6.45) is 23.2. The monoisotopic (exact) mass is 668 g/mol. The molecule has 0 radical (unpaired) electrons. The molecule has 0 fully saturated rings. The zero-order chi connectivity index (χ0) is 35.8. The highest BCUT2D eigenvalue weighted by molar-refractivity contribution is 5.78. The molecule has 48 heavy (non-hydrogen) atoms. The van der Waals surface area contributed by atoms with Crippen LogP contribution in [0.3, 0.4) is 0 Å². The Bertz CT molecular complexity index is 960. The van der Waals surface area contributed by atoms with Crippen molar-refractivity contribution in [3.05, 3.63) is 24.3 Å². The summed E-state index contributed by atoms with van der Waals surface area (Å²) >= 11 is 0. The van der Waals surface area contributed by atoms with Crippen molar-refractivity contribution in [1.29, 1.82) is 0 Å². The van der Waals surface area contributed by atoms with Crippen molar-refractivity contribution in [3.63, 3.8) is 0 Å². The highest BCUT2D eigenvalue weighted by Gasteiger charge is 2.11. The SMILES string of the molecule is C#CCCCC(=C)CCN(CCCC(=O)NCCCN(C)CCCNC(=O)CCCN(CCC)CCC(=C)C)CCC(=O)CCCC#C. The number of unbranched alkanes of at least 4 members (excludes halogenated alkanes) is 2. The highest BCUT2D eigenvalue weighted by atomic mass is 16.2. The molecule has 0 aromatic rings. The van der Waals surface area contributed by atoms with Crippen molar-refractivity contribution in [2.75, 3.05) is 72.5 Å². The molecule has 0 aromatic heterocycles. The van der Waals surface area contributed by atoms with E-state index in [4.69, 9.17) is 12.8 Å². The molecule has 0 heterocycles. The van der Waals surface area contributed by atoms with Crippen LogP contribution in [0.4, 0.5) is 0 Å². The van der Waals surface area contributed by atoms with E-state index in [9.17, 15) is 14.4 Å². The Balaban J connectivity index is 4.18. The second kappa shape index (κ2) is 31.4. The number of terminal acetylenes is 2. The van der Waals surface area contributed by atoms with Gasteiger partial charge in [-0.05, 0) is 111 Å². The summed E-state index contributed by atoms with van der Waals surface area (Å²) in [6.45, 7) is 20.9. The minimum atomic E-state index is 0.0676. The summed E-state index contributed by atoms with van der Waals surface area (Å²) in [5.41, 5.74) is 2.38. The van der Waals surface area contributed by atoms with E-state index >= 15 is 0 Å². The molecule has 0 aliphatic rings. The molecule has 2 N–H and O–H groups in total. The molecule has 272 valence electrons. The van der Waals surface area contributed by atoms with E-state index in [2.05, 4.69) is 71.2 Å². The van der Waals surface area contributed by atoms with Gasteiger partial charge in [0.05, 0.1) is 0 Å². The van der Waals surface area contributed by atoms with Crippen molar-refractivity contribution < 1.29 is 14.4 Å². The van der Waals surface area contributed by atoms with Crippen LogP contribution in [-0.4, -0.2) is 105 Å². The smallest absolute Gasteiger partial charge is 0.220 e. The molecule has 0 atom stereocenters. The largest absolute Gasteiger partial charge is 0.356 e. The molecular weight excluding hydrogens is 598 g/mol. The van der Waals surface area contributed by atoms with Crippen LogP contribution in [0.1, 0.15) is 117 Å². The van der Waals surface area contributed by atoms with Gasteiger partial charge in [0.25, 0.3) is 0 Å². The van der Waals surface area contributed by atoms with Crippen molar-refractivity contribution >= 4 is 17.6 Å². The maximum Gasteiger partial charge on any atom is 0.220 e. The van der Waals surface area contributed by atoms with Crippen LogP contribution < -0.4 is 10.6 Å². The van der Waals surface area contributed by atoms with E-state index in [1.165, 1.54) is 11.1 Å². The quantitative estimate of drug-likeness (QED) is 0.0509. The second-order valence-corrected chi connectivity index (χ2v) is 13.2. The number of hydrogen-bond donors (Lipinski definition) is 2. The van der Waals surface area contributed by atoms with Gasteiger partial charge >= 0.3 is 0 Å². The Morgan fingerprint density at radius 1 is 0.604 bits per heavy atom. The van der Waals surface area contributed by atoms with Crippen molar-refractivity contribution in [1.82, 2.24) is 25.3 Å². The number of amides is 2. The molecule has 0 aliphatic carbocycles. The number of rotatable bonds is 33. The molecule has 8 heteroatoms. The second-order valence-electron chi connectivity index (χ2n) is 13.2. The van der Waals surface area contributed by atoms with Crippen LogP contribution in [0.25, 0.3) is 0 Å². The Labute approximate surface area is 294 Å². The first-order valence-electron chi connectivity index (χ1n) is 18.5. The zero-order valence-electron chi connectivity index (χ0n) is 31.0. The lowest BCUT2D eigenvalue weighted by Gasteiger charge is -2.22. The third-order valence-electron chi connectivity index (χ3n) is 8.35. The van der Waals surface area contributed by atoms with Gasteiger partial charge in [-0.1, -0.05) is 24.6 Å². The standard InChI is InChI=1S/C40H69N5O3/c1-8-11-13-19-37(6)24-34-45(35-25-38(46)20-14-12-9-2)32-16-22-40(48)42-27-18-30-43(7)29-17-26-41-39(47)21-15-31-44(28-10-3)33-23-36(4)5/h1-2H,4,6,10-35H2,3,5,7H3,(H,41,47)(H,42,48). The molecule has 8 nitrogen and oxygen atoms in total. The van der Waals surface area contributed by atoms with Gasteiger partial charge in [0, 0.05) is 71.2 Å². The van der Waals surface area contributed by atoms with E-state index in [0.717, 1.165) is 116 Å². The third kappa shape index (κ3) is 29.2. The first-order valence-corrected chi connectivity index (χ1v) is 18.5. The van der Waals surface area contributed by atoms with E-state index in [0.29, 0.717) is 51.7 Å². The van der Waals surface area contributed by atoms with Gasteiger partial charge < -0.3 is 25.3 Å². The summed E-state index contributed by atoms with van der Waals surface area (Å²) in [5, 5.41) is 6.11. The zero-order valence-corrected chi connectivity index (χ0v) is 31.0. The first kappa shape index (κ1) is 45.1. The van der Waals surface area contributed by atoms with Gasteiger partial charge in [-0.3, -0.25) is 14.4 Å². The molecule has 0 spiro atoms. The average Bonchev–Trinajstić information content (AvgIpc) is 3.05. The number of hydrogen-bond acceptors (Lipinski definition) is 6. The summed E-state index contributed by atoms with van der Waals surface area (Å²) in [4.78, 5) is 44.0. The van der Waals surface area contributed by atoms with Crippen LogP contribution >= 0.6 is 0 Å². The van der Waals surface area contributed by atoms with Crippen molar-refractivity contribution in [2.45, 2.75) is 117 Å². The van der Waals surface area contributed by atoms with E-state index < -0.39 is 0 Å². The molecule has 2 amide bonds. The van der Waals surface area contributed by atoms with Crippen LogP contribution in [0.15, 0.2) is 24.3 Å². The maximum atomic E-state index is 12.5. The van der Waals surface area contributed by atoms with E-state index in [1.807, 2.05) is 0 Å². The Morgan fingerprint density at radius 3 is 1.62 bits per heavy atom. The van der Waals surface area contributed by atoms with Crippen LogP contribution in [0.5, 0.6) is 0 Å². The molecule has 0 saturated carbocycles. The number of nitrogens with one attached hydrogen (secondary N) is 2. The highest BCUT2D eigenvalue weighted by Crippen LogP contribution is 2.11. The number of nitrogens with zero attached hydrogens (tertiary/aromatic N) is 3. The Morgan fingerprint density at radius 2 is 1.10 bits per heavy atom. The van der Waals surface area contributed by atoms with Gasteiger partial charge in [0.15, 0.2) is 0 Å². The van der Waals surface area contributed by atoms with Gasteiger partial charge in [-0.15, -0.1) is 31.3 Å². The number of carbonyl (C=O) groups excluding carboxylic acids is 3. The van der Waals surface area contributed by atoms with E-state index in [1.54, 1.807) is 0 Å². The predicted octanol–water partition coefficient (Wildman–Crippen LogP) is 5.98. The van der Waals surface area contributed by atoms with Crippen molar-refractivity contribution in [3.8, 4) is 24.7 Å². The van der Waals surface area contributed by atoms with Gasteiger partial charge in [0.1, 0.15) is 5.78 Å². The van der Waals surface area contributed by atoms with Gasteiger partial charge in [-0.2, -0.15) is 0 Å². The molecular formula is C40H69N5O3. The fraction of sp³-hybridized carbons (Fsp3) is 0.725. The molecule has 0 unspecified atom stereocenters. The predicted molar refractivity (Wildman–Crippen MR) is 203 cm³/mol. The van der Waals surface area contributed by atoms with Crippen LogP contribution in [-0.2, 0) is 14.4 Å². The van der Waals surface area contributed by atoms with Gasteiger partial charge in [0.2, 0.25) is 11.8 Å². The summed E-state index contributed by atoms with van der Waals surface area (Å²) in [7, 11) is 2.08. The lowest BCUT2D eigenvalue weighted by Crippen LogP contribution is -2.32. The molecule has 0 rings (SSSR count). The fourth-order valence-corrected chi connectivity index (χ4v) is 5.38. The lowest BCUT2D eigenvalue weighted by atomic mass is 10.1. The fourth-order valence-electron chi connectivity index (χ4n) is 5.38. The van der Waals surface area contributed by atoms with E-state index in [-0.39, 0.29) is 17.6 Å². The first-order chi connectivity index (χ1) is 23.1. The average molecular weight is 668 g/mol. The summed E-state index contributed by atoms with van der Waals surface area (Å²) < 4.78 is 0. The Hall–Kier alpha value is -2.91. The normalized spacial score (nSPS) is 11.0. The lowest BCUT2D eigenvalue weighted by molar-refractivity contribution is -0.122. The van der Waals surface area contributed by atoms with Crippen molar-refractivity contribution in [2.24, 2.45) is 0 Å². The molecule has 0 aromatic carbocycles. The molecule has 0 aliphatic heterocycles. The number of ketones is 1. The topological polar surface area (TPSA) is 85.0 Å². The minimum absolute atomic E-state index is 0.0676. The number of Topliss-reactive ketones (excluding diaryl/α,β-unsaturated/α-hetero) is 1. The summed E-state index contributed by atoms with van der Waals surface area (Å²) in [6, 6.07) is 0. The maximum absolute atomic E-state index is 12.5. The van der Waals surface area contributed by atoms with Crippen LogP contribution in [0.2, 0.25) is 0 Å². The molecule has 0 saturated heterocycles.